The molecule has 24 heavy (non-hydrogen) atoms. The number of aliphatic carboxylic acids is 1. The number of carboxylic acids is 1. The van der Waals surface area contributed by atoms with Crippen molar-refractivity contribution in [2.24, 2.45) is 5.41 Å². The average Bonchev–Trinajstić information content (AvgIpc) is 3.09. The molecule has 2 fully saturated rings. The van der Waals surface area contributed by atoms with E-state index in [4.69, 9.17) is 0 Å². The second kappa shape index (κ2) is 5.50. The van der Waals surface area contributed by atoms with Gasteiger partial charge in [-0.25, -0.2) is 0 Å². The van der Waals surface area contributed by atoms with Crippen molar-refractivity contribution < 1.29 is 27.9 Å². The zero-order chi connectivity index (χ0) is 17.7. The van der Waals surface area contributed by atoms with E-state index >= 15 is 0 Å². The Morgan fingerprint density at radius 1 is 1.29 bits per heavy atom. The lowest BCUT2D eigenvalue weighted by atomic mass is 9.72. The molecule has 1 amide bonds. The van der Waals surface area contributed by atoms with Crippen molar-refractivity contribution in [2.45, 2.75) is 50.9 Å². The number of carboxylic acid groups (broad SMARTS) is 1. The molecule has 2 aliphatic rings. The highest BCUT2D eigenvalue weighted by molar-refractivity contribution is 5.97. The van der Waals surface area contributed by atoms with Crippen LogP contribution in [-0.4, -0.2) is 34.0 Å². The largest absolute Gasteiger partial charge is 0.481 e. The molecule has 0 spiro atoms. The Morgan fingerprint density at radius 3 is 2.50 bits per heavy atom. The van der Waals surface area contributed by atoms with E-state index in [0.717, 1.165) is 12.1 Å². The Morgan fingerprint density at radius 2 is 1.96 bits per heavy atom. The summed E-state index contributed by atoms with van der Waals surface area (Å²) in [5.41, 5.74) is -2.43. The quantitative estimate of drug-likeness (QED) is 0.914. The van der Waals surface area contributed by atoms with E-state index < -0.39 is 40.6 Å². The SMILES string of the molecule is CC[C@@]1(C(=O)O)C[C@@H]2CC[C@H]1N2C(=O)c1ccccc1C(F)(F)F. The number of alkyl halides is 3. The van der Waals surface area contributed by atoms with E-state index in [-0.39, 0.29) is 6.04 Å². The molecule has 0 aliphatic carbocycles. The van der Waals surface area contributed by atoms with E-state index in [9.17, 15) is 27.9 Å². The van der Waals surface area contributed by atoms with Crippen molar-refractivity contribution in [2.75, 3.05) is 0 Å². The summed E-state index contributed by atoms with van der Waals surface area (Å²) in [5, 5.41) is 9.62. The maximum absolute atomic E-state index is 13.2. The number of halogens is 3. The third-order valence-electron chi connectivity index (χ3n) is 5.49. The van der Waals surface area contributed by atoms with Crippen LogP contribution in [0.4, 0.5) is 13.2 Å². The van der Waals surface area contributed by atoms with Gasteiger partial charge in [0.15, 0.2) is 0 Å². The molecule has 2 bridgehead atoms. The molecule has 1 N–H and O–H groups in total. The zero-order valence-electron chi connectivity index (χ0n) is 13.1. The lowest BCUT2D eigenvalue weighted by molar-refractivity contribution is -0.151. The lowest BCUT2D eigenvalue weighted by Gasteiger charge is -2.32. The molecule has 0 saturated carbocycles. The second-order valence-corrected chi connectivity index (χ2v) is 6.52. The summed E-state index contributed by atoms with van der Waals surface area (Å²) in [6.45, 7) is 1.75. The third kappa shape index (κ3) is 2.29. The summed E-state index contributed by atoms with van der Waals surface area (Å²) in [5.74, 6) is -1.69. The van der Waals surface area contributed by atoms with Crippen molar-refractivity contribution in [1.82, 2.24) is 4.90 Å². The smallest absolute Gasteiger partial charge is 0.417 e. The van der Waals surface area contributed by atoms with E-state index in [1.807, 2.05) is 0 Å². The number of fused-ring (bicyclic) bond motifs is 2. The van der Waals surface area contributed by atoms with Gasteiger partial charge in [0.05, 0.1) is 16.5 Å². The maximum Gasteiger partial charge on any atom is 0.417 e. The summed E-state index contributed by atoms with van der Waals surface area (Å²) in [6, 6.07) is 3.84. The number of hydrogen-bond acceptors (Lipinski definition) is 2. The van der Waals surface area contributed by atoms with Crippen LogP contribution in [0, 0.1) is 5.41 Å². The number of amides is 1. The van der Waals surface area contributed by atoms with Crippen LogP contribution in [0.5, 0.6) is 0 Å². The Hall–Kier alpha value is -2.05. The van der Waals surface area contributed by atoms with Gasteiger partial charge in [-0.3, -0.25) is 9.59 Å². The monoisotopic (exact) mass is 341 g/mol. The standard InChI is InChI=1S/C17H18F3NO3/c1-2-16(15(23)24)9-10-7-8-13(16)21(10)14(22)11-5-3-4-6-12(11)17(18,19)20/h3-6,10,13H,2,7-9H2,1H3,(H,23,24)/t10-,13+,16+/m0/s1. The first-order chi connectivity index (χ1) is 11.2. The minimum atomic E-state index is -4.63. The Bertz CT molecular complexity index is 688. The topological polar surface area (TPSA) is 57.6 Å². The molecular weight excluding hydrogens is 323 g/mol. The van der Waals surface area contributed by atoms with Crippen LogP contribution in [-0.2, 0) is 11.0 Å². The molecule has 3 atom stereocenters. The van der Waals surface area contributed by atoms with Gasteiger partial charge >= 0.3 is 12.1 Å². The highest BCUT2D eigenvalue weighted by Crippen LogP contribution is 2.52. The molecule has 0 radical (unpaired) electrons. The van der Waals surface area contributed by atoms with E-state index in [1.165, 1.54) is 17.0 Å². The number of nitrogens with zero attached hydrogens (tertiary/aromatic N) is 1. The van der Waals surface area contributed by atoms with Gasteiger partial charge in [-0.2, -0.15) is 13.2 Å². The molecule has 130 valence electrons. The maximum atomic E-state index is 13.2. The molecule has 1 aromatic carbocycles. The van der Waals surface area contributed by atoms with Crippen molar-refractivity contribution >= 4 is 11.9 Å². The molecule has 1 aromatic rings. The van der Waals surface area contributed by atoms with Crippen LogP contribution >= 0.6 is 0 Å². The predicted octanol–water partition coefficient (Wildman–Crippen LogP) is 3.56. The summed E-state index contributed by atoms with van der Waals surface area (Å²) in [6.07, 6.45) is -2.80. The van der Waals surface area contributed by atoms with Gasteiger partial charge in [-0.1, -0.05) is 19.1 Å². The predicted molar refractivity (Wildman–Crippen MR) is 79.4 cm³/mol. The molecule has 0 aromatic heterocycles. The van der Waals surface area contributed by atoms with Crippen molar-refractivity contribution in [3.05, 3.63) is 35.4 Å². The number of hydrogen-bond donors (Lipinski definition) is 1. The van der Waals surface area contributed by atoms with Gasteiger partial charge in [0.25, 0.3) is 5.91 Å². The van der Waals surface area contributed by atoms with Gasteiger partial charge in [-0.15, -0.1) is 0 Å². The highest BCUT2D eigenvalue weighted by Gasteiger charge is 2.60. The number of carbonyl (C=O) groups is 2. The molecule has 0 unspecified atom stereocenters. The van der Waals surface area contributed by atoms with Crippen molar-refractivity contribution in [3.63, 3.8) is 0 Å². The first-order valence-electron chi connectivity index (χ1n) is 7.94. The van der Waals surface area contributed by atoms with E-state index in [1.54, 1.807) is 6.92 Å². The number of carbonyl (C=O) groups excluding carboxylic acids is 1. The van der Waals surface area contributed by atoms with Gasteiger partial charge in [0.2, 0.25) is 0 Å². The highest BCUT2D eigenvalue weighted by atomic mass is 19.4. The summed E-state index contributed by atoms with van der Waals surface area (Å²) in [4.78, 5) is 26.0. The first-order valence-corrected chi connectivity index (χ1v) is 7.94. The Balaban J connectivity index is 2.00. The fourth-order valence-electron chi connectivity index (χ4n) is 4.31. The van der Waals surface area contributed by atoms with Crippen LogP contribution < -0.4 is 0 Å². The van der Waals surface area contributed by atoms with Gasteiger partial charge in [0, 0.05) is 12.1 Å². The second-order valence-electron chi connectivity index (χ2n) is 6.52. The fraction of sp³-hybridized carbons (Fsp3) is 0.529. The van der Waals surface area contributed by atoms with Gasteiger partial charge < -0.3 is 10.0 Å². The summed E-state index contributed by atoms with van der Waals surface area (Å²) in [7, 11) is 0. The summed E-state index contributed by atoms with van der Waals surface area (Å²) < 4.78 is 39.6. The van der Waals surface area contributed by atoms with E-state index in [0.29, 0.717) is 25.7 Å². The normalized spacial score (nSPS) is 29.1. The van der Waals surface area contributed by atoms with Gasteiger partial charge in [0.1, 0.15) is 0 Å². The average molecular weight is 341 g/mol. The van der Waals surface area contributed by atoms with Crippen molar-refractivity contribution in [3.8, 4) is 0 Å². The minimum absolute atomic E-state index is 0.306. The molecule has 2 saturated heterocycles. The van der Waals surface area contributed by atoms with Crippen LogP contribution in [0.3, 0.4) is 0 Å². The molecular formula is C17H18F3NO3. The number of benzene rings is 1. The Kier molecular flexibility index (Phi) is 3.85. The first kappa shape index (κ1) is 16.8. The minimum Gasteiger partial charge on any atom is -0.481 e. The lowest BCUT2D eigenvalue weighted by Crippen LogP contribution is -2.45. The van der Waals surface area contributed by atoms with E-state index in [2.05, 4.69) is 0 Å². The summed E-state index contributed by atoms with van der Waals surface area (Å²) >= 11 is 0. The Labute approximate surface area is 137 Å². The fourth-order valence-corrected chi connectivity index (χ4v) is 4.31. The van der Waals surface area contributed by atoms with Crippen LogP contribution in [0.1, 0.15) is 48.5 Å². The van der Waals surface area contributed by atoms with Crippen molar-refractivity contribution in [1.29, 1.82) is 0 Å². The number of rotatable bonds is 3. The van der Waals surface area contributed by atoms with Crippen LogP contribution in [0.25, 0.3) is 0 Å². The molecule has 2 aliphatic heterocycles. The van der Waals surface area contributed by atoms with Gasteiger partial charge in [-0.05, 0) is 37.8 Å². The third-order valence-corrected chi connectivity index (χ3v) is 5.49. The molecule has 7 heteroatoms. The molecule has 2 heterocycles. The molecule has 3 rings (SSSR count). The zero-order valence-corrected chi connectivity index (χ0v) is 13.1. The molecule has 4 nitrogen and oxygen atoms in total. The van der Waals surface area contributed by atoms with Crippen LogP contribution in [0.15, 0.2) is 24.3 Å². The van der Waals surface area contributed by atoms with Crippen LogP contribution in [0.2, 0.25) is 0 Å².